The number of carbonyl (C=O) groups excluding carboxylic acids is 1. The fourth-order valence-corrected chi connectivity index (χ4v) is 1.33. The molecule has 0 spiro atoms. The van der Waals surface area contributed by atoms with Crippen molar-refractivity contribution in [2.75, 3.05) is 7.11 Å². The molecule has 0 heterocycles. The number of hydrogen-bond acceptors (Lipinski definition) is 2. The summed E-state index contributed by atoms with van der Waals surface area (Å²) in [6, 6.07) is -0.424. The van der Waals surface area contributed by atoms with Gasteiger partial charge in [0.15, 0.2) is 0 Å². The van der Waals surface area contributed by atoms with Gasteiger partial charge < -0.3 is 4.74 Å². The molecule has 1 aromatic carbocycles. The Balaban J connectivity index is 3.62. The van der Waals surface area contributed by atoms with Gasteiger partial charge in [-0.15, -0.1) is 0 Å². The van der Waals surface area contributed by atoms with E-state index in [0.29, 0.717) is 7.11 Å². The number of methoxy groups -OCH3 is 1. The molecule has 1 rings (SSSR count). The summed E-state index contributed by atoms with van der Waals surface area (Å²) in [5.41, 5.74) is -5.33. The molecule has 0 aliphatic carbocycles. The molecule has 0 fully saturated rings. The van der Waals surface area contributed by atoms with Gasteiger partial charge in [0, 0.05) is 0 Å². The van der Waals surface area contributed by atoms with E-state index in [-0.39, 0.29) is 12.1 Å². The highest BCUT2D eigenvalue weighted by Crippen LogP contribution is 2.38. The standard InChI is InChI=1S/C10H5F7O2/c1-19-8(18)5-2-4(9(12,13)14)3-6(11)7(5)10(15,16)17/h2-3H,1H3. The maximum absolute atomic E-state index is 13.2. The second-order valence-corrected chi connectivity index (χ2v) is 3.37. The van der Waals surface area contributed by atoms with Crippen molar-refractivity contribution in [3.63, 3.8) is 0 Å². The van der Waals surface area contributed by atoms with E-state index in [2.05, 4.69) is 4.74 Å². The molecule has 0 aliphatic rings. The lowest BCUT2D eigenvalue weighted by Crippen LogP contribution is -2.19. The van der Waals surface area contributed by atoms with E-state index in [4.69, 9.17) is 0 Å². The van der Waals surface area contributed by atoms with Crippen molar-refractivity contribution in [1.82, 2.24) is 0 Å². The Morgan fingerprint density at radius 1 is 1.05 bits per heavy atom. The van der Waals surface area contributed by atoms with Gasteiger partial charge in [-0.25, -0.2) is 9.18 Å². The minimum atomic E-state index is -5.32. The van der Waals surface area contributed by atoms with Crippen molar-refractivity contribution in [3.8, 4) is 0 Å². The molecule has 0 bridgehead atoms. The van der Waals surface area contributed by atoms with Crippen LogP contribution in [0.2, 0.25) is 0 Å². The van der Waals surface area contributed by atoms with Gasteiger partial charge >= 0.3 is 18.3 Å². The van der Waals surface area contributed by atoms with E-state index < -0.39 is 40.8 Å². The molecular weight excluding hydrogens is 285 g/mol. The average Bonchev–Trinajstić information content (AvgIpc) is 2.23. The summed E-state index contributed by atoms with van der Waals surface area (Å²) in [5, 5.41) is 0. The molecule has 19 heavy (non-hydrogen) atoms. The summed E-state index contributed by atoms with van der Waals surface area (Å²) in [5.74, 6) is -3.90. The molecule has 0 aromatic heterocycles. The Morgan fingerprint density at radius 2 is 1.58 bits per heavy atom. The third-order valence-electron chi connectivity index (χ3n) is 2.11. The number of ether oxygens (including phenoxy) is 1. The molecule has 9 heteroatoms. The first-order valence-electron chi connectivity index (χ1n) is 4.54. The van der Waals surface area contributed by atoms with Crippen LogP contribution in [0.5, 0.6) is 0 Å². The van der Waals surface area contributed by atoms with E-state index >= 15 is 0 Å². The molecule has 0 radical (unpaired) electrons. The molecule has 0 amide bonds. The second kappa shape index (κ2) is 4.71. The fraction of sp³-hybridized carbons (Fsp3) is 0.300. The number of alkyl halides is 6. The number of halogens is 7. The van der Waals surface area contributed by atoms with E-state index in [9.17, 15) is 35.5 Å². The average molecular weight is 290 g/mol. The summed E-state index contributed by atoms with van der Waals surface area (Å²) in [7, 11) is 0.667. The van der Waals surface area contributed by atoms with Crippen LogP contribution in [0, 0.1) is 5.82 Å². The lowest BCUT2D eigenvalue weighted by molar-refractivity contribution is -0.143. The highest BCUT2D eigenvalue weighted by molar-refractivity contribution is 5.91. The number of rotatable bonds is 1. The molecule has 1 aromatic rings. The fourth-order valence-electron chi connectivity index (χ4n) is 1.33. The van der Waals surface area contributed by atoms with Crippen molar-refractivity contribution in [3.05, 3.63) is 34.6 Å². The van der Waals surface area contributed by atoms with Crippen LogP contribution in [0.4, 0.5) is 30.7 Å². The summed E-state index contributed by atoms with van der Waals surface area (Å²) in [4.78, 5) is 11.1. The summed E-state index contributed by atoms with van der Waals surface area (Å²) in [6.07, 6.45) is -10.4. The van der Waals surface area contributed by atoms with Gasteiger partial charge in [0.1, 0.15) is 11.4 Å². The van der Waals surface area contributed by atoms with Crippen LogP contribution in [0.25, 0.3) is 0 Å². The number of carbonyl (C=O) groups is 1. The topological polar surface area (TPSA) is 26.3 Å². The maximum Gasteiger partial charge on any atom is 0.420 e. The molecule has 106 valence electrons. The molecule has 2 nitrogen and oxygen atoms in total. The minimum Gasteiger partial charge on any atom is -0.465 e. The van der Waals surface area contributed by atoms with E-state index in [1.165, 1.54) is 0 Å². The lowest BCUT2D eigenvalue weighted by Gasteiger charge is -2.15. The first kappa shape index (κ1) is 15.3. The third kappa shape index (κ3) is 3.15. The Hall–Kier alpha value is -1.80. The predicted octanol–water partition coefficient (Wildman–Crippen LogP) is 3.65. The van der Waals surface area contributed by atoms with Crippen LogP contribution in [0.3, 0.4) is 0 Å². The van der Waals surface area contributed by atoms with Crippen molar-refractivity contribution in [2.24, 2.45) is 0 Å². The predicted molar refractivity (Wildman–Crippen MR) is 47.7 cm³/mol. The molecule has 0 N–H and O–H groups in total. The van der Waals surface area contributed by atoms with Crippen molar-refractivity contribution >= 4 is 5.97 Å². The third-order valence-corrected chi connectivity index (χ3v) is 2.11. The van der Waals surface area contributed by atoms with Gasteiger partial charge in [0.2, 0.25) is 0 Å². The summed E-state index contributed by atoms with van der Waals surface area (Å²) >= 11 is 0. The van der Waals surface area contributed by atoms with Gasteiger partial charge in [-0.3, -0.25) is 0 Å². The smallest absolute Gasteiger partial charge is 0.420 e. The van der Waals surface area contributed by atoms with Crippen LogP contribution in [-0.2, 0) is 17.1 Å². The van der Waals surface area contributed by atoms with Crippen LogP contribution < -0.4 is 0 Å². The highest BCUT2D eigenvalue weighted by Gasteiger charge is 2.42. The van der Waals surface area contributed by atoms with E-state index in [1.54, 1.807) is 0 Å². The molecular formula is C10H5F7O2. The molecule has 0 saturated carbocycles. The largest absolute Gasteiger partial charge is 0.465 e. The van der Waals surface area contributed by atoms with Crippen LogP contribution in [0.1, 0.15) is 21.5 Å². The summed E-state index contributed by atoms with van der Waals surface area (Å²) in [6.45, 7) is 0. The number of hydrogen-bond donors (Lipinski definition) is 0. The van der Waals surface area contributed by atoms with E-state index in [0.717, 1.165) is 0 Å². The lowest BCUT2D eigenvalue weighted by atomic mass is 10.0. The Kier molecular flexibility index (Phi) is 3.78. The molecule has 0 unspecified atom stereocenters. The zero-order valence-electron chi connectivity index (χ0n) is 9.12. The van der Waals surface area contributed by atoms with Crippen LogP contribution >= 0.6 is 0 Å². The van der Waals surface area contributed by atoms with Gasteiger partial charge in [0.25, 0.3) is 0 Å². The molecule has 0 atom stereocenters. The molecule has 0 saturated heterocycles. The maximum atomic E-state index is 13.2. The monoisotopic (exact) mass is 290 g/mol. The Labute approximate surface area is 101 Å². The quantitative estimate of drug-likeness (QED) is 0.583. The van der Waals surface area contributed by atoms with Crippen molar-refractivity contribution in [1.29, 1.82) is 0 Å². The Bertz CT molecular complexity index is 502. The van der Waals surface area contributed by atoms with Crippen LogP contribution in [-0.4, -0.2) is 13.1 Å². The first-order valence-corrected chi connectivity index (χ1v) is 4.54. The SMILES string of the molecule is COC(=O)c1cc(C(F)(F)F)cc(F)c1C(F)(F)F. The van der Waals surface area contributed by atoms with Crippen LogP contribution in [0.15, 0.2) is 12.1 Å². The second-order valence-electron chi connectivity index (χ2n) is 3.37. The van der Waals surface area contributed by atoms with Crippen molar-refractivity contribution in [2.45, 2.75) is 12.4 Å². The molecule has 0 aliphatic heterocycles. The minimum absolute atomic E-state index is 0.0995. The van der Waals surface area contributed by atoms with Crippen molar-refractivity contribution < 1.29 is 40.3 Å². The van der Waals surface area contributed by atoms with Gasteiger partial charge in [-0.1, -0.05) is 0 Å². The van der Waals surface area contributed by atoms with Gasteiger partial charge in [-0.2, -0.15) is 26.3 Å². The normalized spacial score (nSPS) is 12.4. The first-order chi connectivity index (χ1) is 8.48. The number of benzene rings is 1. The van der Waals surface area contributed by atoms with Gasteiger partial charge in [-0.05, 0) is 12.1 Å². The number of esters is 1. The Morgan fingerprint density at radius 3 is 1.95 bits per heavy atom. The zero-order chi connectivity index (χ0) is 15.0. The zero-order valence-corrected chi connectivity index (χ0v) is 9.12. The summed E-state index contributed by atoms with van der Waals surface area (Å²) < 4.78 is 91.7. The van der Waals surface area contributed by atoms with Gasteiger partial charge in [0.05, 0.1) is 18.2 Å². The highest BCUT2D eigenvalue weighted by atomic mass is 19.4. The van der Waals surface area contributed by atoms with E-state index in [1.807, 2.05) is 0 Å².